The number of benzene rings is 3. The van der Waals surface area contributed by atoms with Crippen LogP contribution in [-0.2, 0) is 19.5 Å². The molecule has 3 aromatic carbocycles. The van der Waals surface area contributed by atoms with E-state index in [4.69, 9.17) is 18.9 Å². The van der Waals surface area contributed by atoms with Crippen molar-refractivity contribution in [1.82, 2.24) is 0 Å². The quantitative estimate of drug-likeness (QED) is 0.404. The Labute approximate surface area is 219 Å². The van der Waals surface area contributed by atoms with Crippen LogP contribution >= 0.6 is 0 Å². The molecular weight excluding hydrogens is 516 g/mol. The van der Waals surface area contributed by atoms with E-state index in [1.165, 1.54) is 96.2 Å². The SMILES string of the molecule is COC(=O)c1ccc(C(=O)OC)c(NC(=O)c2ccc(N(C)S(=O)(=O)c3ccc(OC)c(OC)c3)cc2)c1. The fraction of sp³-hybridized carbons (Fsp3) is 0.192. The first kappa shape index (κ1) is 28.0. The fourth-order valence-corrected chi connectivity index (χ4v) is 4.68. The minimum Gasteiger partial charge on any atom is -0.493 e. The lowest BCUT2D eigenvalue weighted by atomic mass is 10.1. The van der Waals surface area contributed by atoms with E-state index < -0.39 is 27.9 Å². The molecule has 0 radical (unpaired) electrons. The zero-order valence-corrected chi connectivity index (χ0v) is 22.1. The van der Waals surface area contributed by atoms with E-state index in [-0.39, 0.29) is 33.0 Å². The van der Waals surface area contributed by atoms with Gasteiger partial charge in [0.2, 0.25) is 0 Å². The van der Waals surface area contributed by atoms with Gasteiger partial charge in [0.1, 0.15) is 0 Å². The maximum absolute atomic E-state index is 13.2. The number of rotatable bonds is 9. The van der Waals surface area contributed by atoms with Crippen LogP contribution in [0.5, 0.6) is 11.5 Å². The first-order valence-electron chi connectivity index (χ1n) is 11.0. The molecular formula is C26H26N2O9S. The van der Waals surface area contributed by atoms with E-state index in [1.54, 1.807) is 0 Å². The van der Waals surface area contributed by atoms with Crippen molar-refractivity contribution < 1.29 is 41.7 Å². The Hall–Kier alpha value is -4.58. The molecule has 0 aliphatic carbocycles. The van der Waals surface area contributed by atoms with Crippen LogP contribution in [0.3, 0.4) is 0 Å². The number of methoxy groups -OCH3 is 4. The summed E-state index contributed by atoms with van der Waals surface area (Å²) in [4.78, 5) is 37.0. The van der Waals surface area contributed by atoms with Crippen molar-refractivity contribution in [2.24, 2.45) is 0 Å². The van der Waals surface area contributed by atoms with E-state index in [9.17, 15) is 22.8 Å². The largest absolute Gasteiger partial charge is 0.493 e. The Morgan fingerprint density at radius 3 is 1.92 bits per heavy atom. The van der Waals surface area contributed by atoms with Crippen LogP contribution in [0.2, 0.25) is 0 Å². The standard InChI is InChI=1S/C26H26N2O9S/c1-28(38(32,33)19-11-13-22(34-2)23(15-19)35-3)18-9-6-16(7-10-18)24(29)27-21-14-17(25(30)36-4)8-12-20(21)26(31)37-5/h6-15H,1-5H3,(H,27,29). The van der Waals surface area contributed by atoms with Gasteiger partial charge in [-0.2, -0.15) is 0 Å². The fourth-order valence-electron chi connectivity index (χ4n) is 3.47. The first-order chi connectivity index (χ1) is 18.1. The lowest BCUT2D eigenvalue weighted by molar-refractivity contribution is 0.0587. The first-order valence-corrected chi connectivity index (χ1v) is 12.4. The average Bonchev–Trinajstić information content (AvgIpc) is 2.95. The van der Waals surface area contributed by atoms with Gasteiger partial charge >= 0.3 is 11.9 Å². The Balaban J connectivity index is 1.86. The van der Waals surface area contributed by atoms with Gasteiger partial charge in [-0.25, -0.2) is 18.0 Å². The van der Waals surface area contributed by atoms with E-state index in [2.05, 4.69) is 5.32 Å². The van der Waals surface area contributed by atoms with Gasteiger partial charge in [-0.05, 0) is 54.6 Å². The molecule has 0 aromatic heterocycles. The predicted octanol–water partition coefficient (Wildman–Crippen LogP) is 3.35. The summed E-state index contributed by atoms with van der Waals surface area (Å²) in [5.74, 6) is -1.32. The normalized spacial score (nSPS) is 10.8. The maximum Gasteiger partial charge on any atom is 0.339 e. The van der Waals surface area contributed by atoms with E-state index in [0.717, 1.165) is 4.31 Å². The van der Waals surface area contributed by atoms with Crippen LogP contribution in [0.4, 0.5) is 11.4 Å². The molecule has 1 N–H and O–H groups in total. The minimum absolute atomic E-state index is 0.0136. The summed E-state index contributed by atoms with van der Waals surface area (Å²) in [6, 6.07) is 14.0. The highest BCUT2D eigenvalue weighted by Crippen LogP contribution is 2.32. The molecule has 0 bridgehead atoms. The minimum atomic E-state index is -3.96. The van der Waals surface area contributed by atoms with Gasteiger partial charge in [0.05, 0.1) is 55.8 Å². The van der Waals surface area contributed by atoms with Gasteiger partial charge in [0.15, 0.2) is 11.5 Å². The van der Waals surface area contributed by atoms with Crippen molar-refractivity contribution in [2.75, 3.05) is 45.1 Å². The van der Waals surface area contributed by atoms with Gasteiger partial charge in [0, 0.05) is 18.7 Å². The topological polar surface area (TPSA) is 138 Å². The molecule has 0 unspecified atom stereocenters. The van der Waals surface area contributed by atoms with Crippen molar-refractivity contribution in [3.05, 3.63) is 77.4 Å². The summed E-state index contributed by atoms with van der Waals surface area (Å²) in [7, 11) is 2.66. The molecule has 0 spiro atoms. The van der Waals surface area contributed by atoms with Crippen LogP contribution in [0.1, 0.15) is 31.1 Å². The molecule has 0 fully saturated rings. The van der Waals surface area contributed by atoms with Crippen LogP contribution < -0.4 is 19.1 Å². The number of sulfonamides is 1. The van der Waals surface area contributed by atoms with Crippen molar-refractivity contribution in [2.45, 2.75) is 4.90 Å². The average molecular weight is 543 g/mol. The third kappa shape index (κ3) is 5.70. The summed E-state index contributed by atoms with van der Waals surface area (Å²) in [6.07, 6.45) is 0. The molecule has 3 aromatic rings. The highest BCUT2D eigenvalue weighted by Gasteiger charge is 2.24. The molecule has 11 nitrogen and oxygen atoms in total. The predicted molar refractivity (Wildman–Crippen MR) is 139 cm³/mol. The van der Waals surface area contributed by atoms with Crippen molar-refractivity contribution in [3.63, 3.8) is 0 Å². The Morgan fingerprint density at radius 2 is 1.34 bits per heavy atom. The molecule has 3 rings (SSSR count). The van der Waals surface area contributed by atoms with Crippen molar-refractivity contribution in [3.8, 4) is 11.5 Å². The highest BCUT2D eigenvalue weighted by molar-refractivity contribution is 7.92. The van der Waals surface area contributed by atoms with Crippen LogP contribution in [0.15, 0.2) is 65.6 Å². The number of carbonyl (C=O) groups excluding carboxylic acids is 3. The molecule has 1 amide bonds. The number of anilines is 2. The van der Waals surface area contributed by atoms with Crippen LogP contribution in [0, 0.1) is 0 Å². The number of esters is 2. The molecule has 0 atom stereocenters. The van der Waals surface area contributed by atoms with Gasteiger partial charge in [-0.3, -0.25) is 9.10 Å². The maximum atomic E-state index is 13.2. The van der Waals surface area contributed by atoms with Crippen LogP contribution in [0.25, 0.3) is 0 Å². The Morgan fingerprint density at radius 1 is 0.737 bits per heavy atom. The summed E-state index contributed by atoms with van der Waals surface area (Å²) in [6.45, 7) is 0. The second-order valence-electron chi connectivity index (χ2n) is 7.73. The number of nitrogens with one attached hydrogen (secondary N) is 1. The lowest BCUT2D eigenvalue weighted by Crippen LogP contribution is -2.26. The third-order valence-electron chi connectivity index (χ3n) is 5.60. The molecule has 0 saturated heterocycles. The molecule has 0 heterocycles. The van der Waals surface area contributed by atoms with Crippen LogP contribution in [-0.4, -0.2) is 61.8 Å². The van der Waals surface area contributed by atoms with E-state index >= 15 is 0 Å². The van der Waals surface area contributed by atoms with Crippen molar-refractivity contribution in [1.29, 1.82) is 0 Å². The number of hydrogen-bond acceptors (Lipinski definition) is 9. The highest BCUT2D eigenvalue weighted by atomic mass is 32.2. The second-order valence-corrected chi connectivity index (χ2v) is 9.70. The molecule has 200 valence electrons. The molecule has 0 aliphatic rings. The molecule has 38 heavy (non-hydrogen) atoms. The molecule has 0 aliphatic heterocycles. The Kier molecular flexibility index (Phi) is 8.58. The second kappa shape index (κ2) is 11.6. The summed E-state index contributed by atoms with van der Waals surface area (Å²) in [5, 5.41) is 2.58. The lowest BCUT2D eigenvalue weighted by Gasteiger charge is -2.20. The van der Waals surface area contributed by atoms with Gasteiger partial charge in [-0.15, -0.1) is 0 Å². The number of nitrogens with zero attached hydrogens (tertiary/aromatic N) is 1. The molecule has 0 saturated carbocycles. The number of ether oxygens (including phenoxy) is 4. The Bertz CT molecular complexity index is 1470. The number of amides is 1. The third-order valence-corrected chi connectivity index (χ3v) is 7.38. The van der Waals surface area contributed by atoms with Crippen molar-refractivity contribution >= 4 is 39.2 Å². The molecule has 12 heteroatoms. The number of carbonyl (C=O) groups is 3. The zero-order valence-electron chi connectivity index (χ0n) is 21.3. The zero-order chi connectivity index (χ0) is 28.0. The smallest absolute Gasteiger partial charge is 0.339 e. The van der Waals surface area contributed by atoms with Gasteiger partial charge < -0.3 is 24.3 Å². The van der Waals surface area contributed by atoms with Gasteiger partial charge in [0.25, 0.3) is 15.9 Å². The van der Waals surface area contributed by atoms with E-state index in [0.29, 0.717) is 11.4 Å². The monoisotopic (exact) mass is 542 g/mol. The number of hydrogen-bond donors (Lipinski definition) is 1. The summed E-state index contributed by atoms with van der Waals surface area (Å²) in [5.41, 5.74) is 0.657. The summed E-state index contributed by atoms with van der Waals surface area (Å²) < 4.78 is 47.2. The summed E-state index contributed by atoms with van der Waals surface area (Å²) >= 11 is 0. The van der Waals surface area contributed by atoms with Gasteiger partial charge in [-0.1, -0.05) is 0 Å². The van der Waals surface area contributed by atoms with E-state index in [1.807, 2.05) is 0 Å².